The van der Waals surface area contributed by atoms with Crippen molar-refractivity contribution in [2.24, 2.45) is 0 Å². The van der Waals surface area contributed by atoms with Crippen molar-refractivity contribution in [3.8, 4) is 0 Å². The maximum Gasteiger partial charge on any atom is 0.416 e. The van der Waals surface area contributed by atoms with Gasteiger partial charge in [0.05, 0.1) is 11.1 Å². The SMILES string of the molecule is Fc1ccccc1.O=C(CCCN1CCC(c2ccccc2)CC1)NCc1cc(C(F)(F)F)cc(C(F)(F)F)c1. The highest BCUT2D eigenvalue weighted by molar-refractivity contribution is 5.75. The van der Waals surface area contributed by atoms with E-state index in [-0.39, 0.29) is 23.9 Å². The number of carbonyl (C=O) groups is 1. The molecule has 40 heavy (non-hydrogen) atoms. The van der Waals surface area contributed by atoms with Gasteiger partial charge in [-0.3, -0.25) is 4.79 Å². The van der Waals surface area contributed by atoms with Crippen LogP contribution in [0.1, 0.15) is 53.9 Å². The van der Waals surface area contributed by atoms with Gasteiger partial charge in [-0.1, -0.05) is 48.5 Å². The topological polar surface area (TPSA) is 32.3 Å². The number of alkyl halides is 6. The summed E-state index contributed by atoms with van der Waals surface area (Å²) in [6.45, 7) is 2.17. The van der Waals surface area contributed by atoms with E-state index in [0.717, 1.165) is 32.5 Å². The molecule has 0 unspecified atom stereocenters. The van der Waals surface area contributed by atoms with E-state index in [0.29, 0.717) is 24.5 Å². The Morgan fingerprint density at radius 2 is 1.32 bits per heavy atom. The second kappa shape index (κ2) is 14.3. The predicted octanol–water partition coefficient (Wildman–Crippen LogP) is 7.83. The third-order valence-corrected chi connectivity index (χ3v) is 6.61. The Hall–Kier alpha value is -3.40. The lowest BCUT2D eigenvalue weighted by Crippen LogP contribution is -2.34. The van der Waals surface area contributed by atoms with Crippen molar-refractivity contribution in [3.05, 3.63) is 107 Å². The summed E-state index contributed by atoms with van der Waals surface area (Å²) >= 11 is 0. The normalized spacial score (nSPS) is 14.8. The monoisotopic (exact) mass is 568 g/mol. The first kappa shape index (κ1) is 31.1. The maximum atomic E-state index is 12.9. The zero-order valence-corrected chi connectivity index (χ0v) is 21.7. The molecule has 0 radical (unpaired) electrons. The van der Waals surface area contributed by atoms with Gasteiger partial charge < -0.3 is 10.2 Å². The fourth-order valence-corrected chi connectivity index (χ4v) is 4.50. The lowest BCUT2D eigenvalue weighted by Gasteiger charge is -2.32. The van der Waals surface area contributed by atoms with E-state index in [2.05, 4.69) is 22.3 Å². The number of nitrogens with zero attached hydrogens (tertiary/aromatic N) is 1. The minimum atomic E-state index is -4.91. The number of benzene rings is 3. The van der Waals surface area contributed by atoms with Gasteiger partial charge in [0, 0.05) is 13.0 Å². The molecular formula is C30H31F7N2O. The number of carbonyl (C=O) groups excluding carboxylic acids is 1. The van der Waals surface area contributed by atoms with Crippen LogP contribution in [0.25, 0.3) is 0 Å². The van der Waals surface area contributed by atoms with E-state index < -0.39 is 35.9 Å². The van der Waals surface area contributed by atoms with Crippen LogP contribution in [0, 0.1) is 5.82 Å². The summed E-state index contributed by atoms with van der Waals surface area (Å²) in [5, 5.41) is 2.43. The van der Waals surface area contributed by atoms with Crippen molar-refractivity contribution < 1.29 is 35.5 Å². The molecule has 1 amide bonds. The van der Waals surface area contributed by atoms with Gasteiger partial charge in [-0.2, -0.15) is 26.3 Å². The molecule has 1 fully saturated rings. The average molecular weight is 569 g/mol. The lowest BCUT2D eigenvalue weighted by molar-refractivity contribution is -0.143. The Balaban J connectivity index is 0.000000547. The highest BCUT2D eigenvalue weighted by Gasteiger charge is 2.36. The first-order valence-electron chi connectivity index (χ1n) is 12.9. The van der Waals surface area contributed by atoms with Gasteiger partial charge in [0.15, 0.2) is 0 Å². The standard InChI is InChI=1S/C24H26F6N2O.C6H5F/c25-23(26,27)20-13-17(14-21(15-20)24(28,29)30)16-31-22(33)7-4-10-32-11-8-19(9-12-32)18-5-2-1-3-6-18;7-6-4-2-1-3-5-6/h1-3,5-6,13-15,19H,4,7-12,16H2,(H,31,33);1-5H. The van der Waals surface area contributed by atoms with Gasteiger partial charge in [-0.05, 0) is 86.3 Å². The Kier molecular flexibility index (Phi) is 11.1. The van der Waals surface area contributed by atoms with Crippen molar-refractivity contribution in [2.75, 3.05) is 19.6 Å². The molecule has 0 spiro atoms. The zero-order chi connectivity index (χ0) is 29.2. The molecule has 1 aliphatic heterocycles. The molecule has 1 aliphatic rings. The van der Waals surface area contributed by atoms with Crippen LogP contribution in [-0.4, -0.2) is 30.4 Å². The summed E-state index contributed by atoms with van der Waals surface area (Å²) in [6, 6.07) is 19.6. The zero-order valence-electron chi connectivity index (χ0n) is 21.7. The molecular weight excluding hydrogens is 537 g/mol. The van der Waals surface area contributed by atoms with Crippen molar-refractivity contribution in [2.45, 2.75) is 50.5 Å². The van der Waals surface area contributed by atoms with E-state index >= 15 is 0 Å². The number of likely N-dealkylation sites (tertiary alicyclic amines) is 1. The van der Waals surface area contributed by atoms with E-state index in [1.54, 1.807) is 18.2 Å². The molecule has 10 heteroatoms. The molecule has 0 atom stereocenters. The van der Waals surface area contributed by atoms with Gasteiger partial charge in [-0.25, -0.2) is 4.39 Å². The minimum Gasteiger partial charge on any atom is -0.352 e. The molecule has 0 aliphatic carbocycles. The number of rotatable bonds is 7. The van der Waals surface area contributed by atoms with Crippen LogP contribution >= 0.6 is 0 Å². The highest BCUT2D eigenvalue weighted by atomic mass is 19.4. The van der Waals surface area contributed by atoms with Crippen LogP contribution in [0.15, 0.2) is 78.9 Å². The minimum absolute atomic E-state index is 0.0757. The molecule has 3 nitrogen and oxygen atoms in total. The van der Waals surface area contributed by atoms with Gasteiger partial charge in [0.2, 0.25) is 5.91 Å². The average Bonchev–Trinajstić information content (AvgIpc) is 2.92. The van der Waals surface area contributed by atoms with Crippen LogP contribution in [0.4, 0.5) is 30.7 Å². The van der Waals surface area contributed by atoms with Crippen molar-refractivity contribution >= 4 is 5.91 Å². The summed E-state index contributed by atoms with van der Waals surface area (Å²) in [6.07, 6.45) is -7.02. The summed E-state index contributed by atoms with van der Waals surface area (Å²) in [4.78, 5) is 14.4. The lowest BCUT2D eigenvalue weighted by atomic mass is 9.89. The summed E-state index contributed by atoms with van der Waals surface area (Å²) in [7, 11) is 0. The smallest absolute Gasteiger partial charge is 0.352 e. The van der Waals surface area contributed by atoms with Gasteiger partial charge in [0.25, 0.3) is 0 Å². The molecule has 216 valence electrons. The van der Waals surface area contributed by atoms with Crippen LogP contribution in [-0.2, 0) is 23.7 Å². The van der Waals surface area contributed by atoms with Crippen LogP contribution < -0.4 is 5.32 Å². The molecule has 0 aromatic heterocycles. The largest absolute Gasteiger partial charge is 0.416 e. The predicted molar refractivity (Wildman–Crippen MR) is 139 cm³/mol. The van der Waals surface area contributed by atoms with E-state index in [4.69, 9.17) is 0 Å². The summed E-state index contributed by atoms with van der Waals surface area (Å²) in [5.41, 5.74) is -1.69. The summed E-state index contributed by atoms with van der Waals surface area (Å²) in [5.74, 6) is -0.0533. The number of piperidine rings is 1. The van der Waals surface area contributed by atoms with Crippen molar-refractivity contribution in [1.82, 2.24) is 10.2 Å². The fraction of sp³-hybridized carbons (Fsp3) is 0.367. The second-order valence-corrected chi connectivity index (χ2v) is 9.62. The molecule has 3 aromatic rings. The van der Waals surface area contributed by atoms with E-state index in [1.807, 2.05) is 18.2 Å². The van der Waals surface area contributed by atoms with Crippen LogP contribution in [0.2, 0.25) is 0 Å². The number of amides is 1. The van der Waals surface area contributed by atoms with Crippen LogP contribution in [0.3, 0.4) is 0 Å². The fourth-order valence-electron chi connectivity index (χ4n) is 4.50. The second-order valence-electron chi connectivity index (χ2n) is 9.62. The molecule has 3 aromatic carbocycles. The number of hydrogen-bond donors (Lipinski definition) is 1. The molecule has 0 saturated carbocycles. The Labute approximate surface area is 229 Å². The molecule has 0 bridgehead atoms. The van der Waals surface area contributed by atoms with E-state index in [9.17, 15) is 35.5 Å². The third kappa shape index (κ3) is 10.3. The van der Waals surface area contributed by atoms with Gasteiger partial charge >= 0.3 is 12.4 Å². The first-order chi connectivity index (χ1) is 18.9. The van der Waals surface area contributed by atoms with Gasteiger partial charge in [0.1, 0.15) is 5.82 Å². The number of nitrogens with one attached hydrogen (secondary N) is 1. The first-order valence-corrected chi connectivity index (χ1v) is 12.9. The third-order valence-electron chi connectivity index (χ3n) is 6.61. The molecule has 1 N–H and O–H groups in total. The van der Waals surface area contributed by atoms with Gasteiger partial charge in [-0.15, -0.1) is 0 Å². The molecule has 1 saturated heterocycles. The van der Waals surface area contributed by atoms with Crippen molar-refractivity contribution in [1.29, 1.82) is 0 Å². The highest BCUT2D eigenvalue weighted by Crippen LogP contribution is 2.36. The Morgan fingerprint density at radius 3 is 1.80 bits per heavy atom. The summed E-state index contributed by atoms with van der Waals surface area (Å²) < 4.78 is 89.5. The quantitative estimate of drug-likeness (QED) is 0.295. The molecule has 4 rings (SSSR count). The van der Waals surface area contributed by atoms with E-state index in [1.165, 1.54) is 17.7 Å². The Morgan fingerprint density at radius 1 is 0.800 bits per heavy atom. The number of halogens is 7. The van der Waals surface area contributed by atoms with Crippen molar-refractivity contribution in [3.63, 3.8) is 0 Å². The Bertz CT molecular complexity index is 1160. The van der Waals surface area contributed by atoms with Crippen LogP contribution in [0.5, 0.6) is 0 Å². The maximum absolute atomic E-state index is 12.9. The molecule has 1 heterocycles. The number of hydrogen-bond acceptors (Lipinski definition) is 2.